The highest BCUT2D eigenvalue weighted by Crippen LogP contribution is 2.26. The number of H-pyrrole nitrogens is 1. The highest BCUT2D eigenvalue weighted by atomic mass is 16.5. The molecule has 0 fully saturated rings. The normalized spacial score (nSPS) is 14.6. The zero-order valence-corrected chi connectivity index (χ0v) is 13.2. The van der Waals surface area contributed by atoms with Crippen LogP contribution in [0, 0.1) is 0 Å². The first-order valence-electron chi connectivity index (χ1n) is 7.80. The Morgan fingerprint density at radius 2 is 2.23 bits per heavy atom. The van der Waals surface area contributed by atoms with Crippen molar-refractivity contribution in [1.82, 2.24) is 10.3 Å². The van der Waals surface area contributed by atoms with Crippen LogP contribution in [0.25, 0.3) is 10.9 Å². The Balaban J connectivity index is 1.69. The molecule has 3 rings (SSSR count). The van der Waals surface area contributed by atoms with Crippen LogP contribution >= 0.6 is 0 Å². The molecule has 116 valence electrons. The van der Waals surface area contributed by atoms with Crippen LogP contribution < -0.4 is 10.1 Å². The number of ketones is 1. The van der Waals surface area contributed by atoms with E-state index in [1.807, 2.05) is 12.1 Å². The van der Waals surface area contributed by atoms with Gasteiger partial charge in [0, 0.05) is 34.9 Å². The van der Waals surface area contributed by atoms with E-state index in [9.17, 15) is 4.79 Å². The van der Waals surface area contributed by atoms with E-state index in [0.29, 0.717) is 0 Å². The fourth-order valence-corrected chi connectivity index (χ4v) is 3.17. The third-order valence-electron chi connectivity index (χ3n) is 4.35. The molecule has 1 aliphatic rings. The first-order chi connectivity index (χ1) is 10.7. The van der Waals surface area contributed by atoms with Crippen molar-refractivity contribution in [3.05, 3.63) is 41.2 Å². The van der Waals surface area contributed by atoms with Crippen LogP contribution in [0.15, 0.2) is 35.7 Å². The lowest BCUT2D eigenvalue weighted by Gasteiger charge is -2.09. The van der Waals surface area contributed by atoms with Crippen molar-refractivity contribution in [3.63, 3.8) is 0 Å². The van der Waals surface area contributed by atoms with Crippen molar-refractivity contribution in [2.75, 3.05) is 13.7 Å². The van der Waals surface area contributed by atoms with Crippen molar-refractivity contribution >= 4 is 16.7 Å². The summed E-state index contributed by atoms with van der Waals surface area (Å²) >= 11 is 0. The smallest absolute Gasteiger partial charge is 0.157 e. The van der Waals surface area contributed by atoms with Gasteiger partial charge < -0.3 is 15.0 Å². The lowest BCUT2D eigenvalue weighted by molar-refractivity contribution is -0.113. The monoisotopic (exact) mass is 298 g/mol. The minimum Gasteiger partial charge on any atom is -0.497 e. The van der Waals surface area contributed by atoms with Gasteiger partial charge in [-0.15, -0.1) is 0 Å². The van der Waals surface area contributed by atoms with E-state index < -0.39 is 0 Å². The molecule has 2 N–H and O–H groups in total. The molecule has 0 radical (unpaired) electrons. The number of aromatic nitrogens is 1. The molecule has 0 amide bonds. The second kappa shape index (κ2) is 6.26. The van der Waals surface area contributed by atoms with Gasteiger partial charge in [0.05, 0.1) is 7.11 Å². The summed E-state index contributed by atoms with van der Waals surface area (Å²) in [6, 6.07) is 6.07. The maximum absolute atomic E-state index is 11.6. The van der Waals surface area contributed by atoms with Crippen molar-refractivity contribution in [2.45, 2.75) is 32.6 Å². The number of hydrogen-bond acceptors (Lipinski definition) is 3. The van der Waals surface area contributed by atoms with Crippen LogP contribution in [-0.2, 0) is 11.2 Å². The molecule has 0 saturated carbocycles. The maximum Gasteiger partial charge on any atom is 0.157 e. The number of benzene rings is 1. The largest absolute Gasteiger partial charge is 0.497 e. The number of hydrogen-bond donors (Lipinski definition) is 2. The molecular weight excluding hydrogens is 276 g/mol. The number of Topliss-reactive ketones (excluding diaryl/α,β-unsaturated/α-hetero) is 1. The Morgan fingerprint density at radius 3 is 3.00 bits per heavy atom. The third-order valence-corrected chi connectivity index (χ3v) is 4.35. The van der Waals surface area contributed by atoms with Gasteiger partial charge in [-0.25, -0.2) is 0 Å². The molecule has 0 saturated heterocycles. The highest BCUT2D eigenvalue weighted by molar-refractivity contribution is 5.94. The molecule has 4 nitrogen and oxygen atoms in total. The highest BCUT2D eigenvalue weighted by Gasteiger charge is 2.17. The third kappa shape index (κ3) is 2.86. The number of ether oxygens (including phenoxy) is 1. The molecule has 0 spiro atoms. The molecule has 22 heavy (non-hydrogen) atoms. The van der Waals surface area contributed by atoms with Gasteiger partial charge in [-0.05, 0) is 56.4 Å². The van der Waals surface area contributed by atoms with Crippen LogP contribution in [0.3, 0.4) is 0 Å². The quantitative estimate of drug-likeness (QED) is 0.860. The molecule has 1 aromatic heterocycles. The van der Waals surface area contributed by atoms with E-state index >= 15 is 0 Å². The summed E-state index contributed by atoms with van der Waals surface area (Å²) in [5, 5.41) is 4.66. The summed E-state index contributed by atoms with van der Waals surface area (Å²) in [5.74, 6) is 1.08. The first kappa shape index (κ1) is 14.7. The van der Waals surface area contributed by atoms with Crippen LogP contribution in [0.4, 0.5) is 0 Å². The molecule has 0 bridgehead atoms. The minimum absolute atomic E-state index is 0.205. The van der Waals surface area contributed by atoms with Gasteiger partial charge in [0.15, 0.2) is 5.78 Å². The van der Waals surface area contributed by atoms with E-state index in [-0.39, 0.29) is 5.78 Å². The van der Waals surface area contributed by atoms with Crippen molar-refractivity contribution < 1.29 is 9.53 Å². The lowest BCUT2D eigenvalue weighted by atomic mass is 10.1. The van der Waals surface area contributed by atoms with Gasteiger partial charge in [-0.1, -0.05) is 0 Å². The van der Waals surface area contributed by atoms with E-state index in [1.165, 1.54) is 10.9 Å². The second-order valence-electron chi connectivity index (χ2n) is 5.77. The molecule has 1 aromatic carbocycles. The van der Waals surface area contributed by atoms with Gasteiger partial charge >= 0.3 is 0 Å². The van der Waals surface area contributed by atoms with Gasteiger partial charge in [-0.2, -0.15) is 0 Å². The molecule has 1 heterocycles. The van der Waals surface area contributed by atoms with Crippen LogP contribution in [0.5, 0.6) is 5.75 Å². The van der Waals surface area contributed by atoms with Crippen LogP contribution in [0.1, 0.15) is 31.7 Å². The number of fused-ring (bicyclic) bond motifs is 1. The van der Waals surface area contributed by atoms with Gasteiger partial charge in [0.2, 0.25) is 0 Å². The van der Waals surface area contributed by atoms with E-state index in [1.54, 1.807) is 14.0 Å². The standard InChI is InChI=1S/C18H22N2O2/c1-12(21)15-4-3-5-17(15)19-9-8-13-11-20-18-7-6-14(22-2)10-16(13)18/h6-7,10-11,19-20H,3-5,8-9H2,1-2H3. The van der Waals surface area contributed by atoms with Crippen molar-refractivity contribution in [2.24, 2.45) is 0 Å². The maximum atomic E-state index is 11.6. The Bertz CT molecular complexity index is 728. The van der Waals surface area contributed by atoms with Crippen LogP contribution in [0.2, 0.25) is 0 Å². The number of aromatic amines is 1. The average Bonchev–Trinajstić information content (AvgIpc) is 3.14. The molecule has 4 heteroatoms. The van der Waals surface area contributed by atoms with Gasteiger partial charge in [0.25, 0.3) is 0 Å². The first-order valence-corrected chi connectivity index (χ1v) is 7.80. The van der Waals surface area contributed by atoms with E-state index in [0.717, 1.165) is 54.8 Å². The summed E-state index contributed by atoms with van der Waals surface area (Å²) in [4.78, 5) is 14.9. The number of nitrogens with one attached hydrogen (secondary N) is 2. The Morgan fingerprint density at radius 1 is 1.36 bits per heavy atom. The Labute approximate surface area is 130 Å². The Kier molecular flexibility index (Phi) is 4.18. The summed E-state index contributed by atoms with van der Waals surface area (Å²) in [5.41, 5.74) is 4.52. The number of carbonyl (C=O) groups is 1. The van der Waals surface area contributed by atoms with Crippen LogP contribution in [-0.4, -0.2) is 24.4 Å². The van der Waals surface area contributed by atoms with E-state index in [4.69, 9.17) is 4.74 Å². The van der Waals surface area contributed by atoms with Crippen molar-refractivity contribution in [3.8, 4) is 5.75 Å². The second-order valence-corrected chi connectivity index (χ2v) is 5.77. The number of rotatable bonds is 6. The van der Waals surface area contributed by atoms with Crippen molar-refractivity contribution in [1.29, 1.82) is 0 Å². The van der Waals surface area contributed by atoms with E-state index in [2.05, 4.69) is 22.6 Å². The lowest BCUT2D eigenvalue weighted by Crippen LogP contribution is -2.17. The SMILES string of the molecule is COc1ccc2[nH]cc(CCNC3=C(C(C)=O)CCC3)c2c1. The summed E-state index contributed by atoms with van der Waals surface area (Å²) in [6.07, 6.45) is 5.97. The molecule has 0 aliphatic heterocycles. The average molecular weight is 298 g/mol. The number of allylic oxidation sites excluding steroid dienone is 2. The molecule has 1 aliphatic carbocycles. The molecular formula is C18H22N2O2. The molecule has 0 unspecified atom stereocenters. The summed E-state index contributed by atoms with van der Waals surface area (Å²) in [6.45, 7) is 2.50. The van der Waals surface area contributed by atoms with Gasteiger partial charge in [-0.3, -0.25) is 4.79 Å². The number of methoxy groups -OCH3 is 1. The predicted octanol–water partition coefficient (Wildman–Crippen LogP) is 3.34. The Hall–Kier alpha value is -2.23. The zero-order chi connectivity index (χ0) is 15.5. The zero-order valence-electron chi connectivity index (χ0n) is 13.2. The molecule has 2 aromatic rings. The minimum atomic E-state index is 0.205. The topological polar surface area (TPSA) is 54.1 Å². The number of carbonyl (C=O) groups excluding carboxylic acids is 1. The van der Waals surface area contributed by atoms with Gasteiger partial charge in [0.1, 0.15) is 5.75 Å². The fraction of sp³-hybridized carbons (Fsp3) is 0.389. The summed E-state index contributed by atoms with van der Waals surface area (Å²) in [7, 11) is 1.69. The predicted molar refractivity (Wildman–Crippen MR) is 88.1 cm³/mol. The summed E-state index contributed by atoms with van der Waals surface area (Å²) < 4.78 is 5.30. The molecule has 0 atom stereocenters. The fourth-order valence-electron chi connectivity index (χ4n) is 3.17.